The predicted octanol–water partition coefficient (Wildman–Crippen LogP) is 3.58. The molecule has 1 amide bonds. The van der Waals surface area contributed by atoms with Crippen molar-refractivity contribution in [1.82, 2.24) is 10.2 Å². The lowest BCUT2D eigenvalue weighted by molar-refractivity contribution is 0.102. The maximum Gasteiger partial charge on any atom is 0.349 e. The van der Waals surface area contributed by atoms with Gasteiger partial charge in [0.25, 0.3) is 5.91 Å². The first-order valence-corrected chi connectivity index (χ1v) is 9.31. The van der Waals surface area contributed by atoms with Crippen molar-refractivity contribution >= 4 is 33.3 Å². The van der Waals surface area contributed by atoms with Gasteiger partial charge in [-0.3, -0.25) is 10.1 Å². The smallest absolute Gasteiger partial charge is 0.349 e. The number of anilines is 1. The number of aromatic nitrogens is 2. The average molecular weight is 409 g/mol. The molecule has 0 saturated heterocycles. The summed E-state index contributed by atoms with van der Waals surface area (Å²) in [5.74, 6) is 0.592. The molecule has 0 spiro atoms. The molecule has 9 heteroatoms. The molecule has 8 nitrogen and oxygen atoms in total. The molecule has 0 unspecified atom stereocenters. The Morgan fingerprint density at radius 3 is 2.69 bits per heavy atom. The van der Waals surface area contributed by atoms with E-state index in [0.29, 0.717) is 33.0 Å². The average Bonchev–Trinajstić information content (AvgIpc) is 3.20. The van der Waals surface area contributed by atoms with Gasteiger partial charge in [-0.2, -0.15) is 0 Å². The van der Waals surface area contributed by atoms with Crippen LogP contribution in [0.5, 0.6) is 11.5 Å². The zero-order chi connectivity index (χ0) is 20.4. The van der Waals surface area contributed by atoms with Crippen LogP contribution in [0.1, 0.15) is 10.4 Å². The van der Waals surface area contributed by atoms with E-state index in [-0.39, 0.29) is 10.7 Å². The minimum atomic E-state index is -0.720. The van der Waals surface area contributed by atoms with E-state index in [1.807, 2.05) is 0 Å². The number of methoxy groups -OCH3 is 2. The molecule has 146 valence electrons. The minimum Gasteiger partial charge on any atom is -0.497 e. The highest BCUT2D eigenvalue weighted by atomic mass is 32.1. The van der Waals surface area contributed by atoms with Crippen molar-refractivity contribution in [2.75, 3.05) is 19.5 Å². The maximum atomic E-state index is 12.6. The van der Waals surface area contributed by atoms with Crippen LogP contribution >= 0.6 is 11.3 Å². The summed E-state index contributed by atoms with van der Waals surface area (Å²) in [5, 5.41) is 12.1. The second-order valence-corrected chi connectivity index (χ2v) is 6.90. The summed E-state index contributed by atoms with van der Waals surface area (Å²) in [5.41, 5.74) is 0.292. The summed E-state index contributed by atoms with van der Waals surface area (Å²) in [6.07, 6.45) is 0. The molecule has 1 N–H and O–H groups in total. The molecule has 0 aliphatic rings. The van der Waals surface area contributed by atoms with Gasteiger partial charge in [-0.1, -0.05) is 29.5 Å². The van der Waals surface area contributed by atoms with Gasteiger partial charge in [0.2, 0.25) is 5.13 Å². The van der Waals surface area contributed by atoms with Gasteiger partial charge < -0.3 is 13.9 Å². The fourth-order valence-corrected chi connectivity index (χ4v) is 3.51. The predicted molar refractivity (Wildman–Crippen MR) is 109 cm³/mol. The first kappa shape index (κ1) is 18.6. The number of carbonyl (C=O) groups is 1. The summed E-state index contributed by atoms with van der Waals surface area (Å²) < 4.78 is 15.8. The molecule has 4 rings (SSSR count). The number of amides is 1. The fraction of sp³-hybridized carbons (Fsp3) is 0.100. The van der Waals surface area contributed by atoms with Crippen LogP contribution in [0.4, 0.5) is 5.13 Å². The first-order chi connectivity index (χ1) is 14.1. The van der Waals surface area contributed by atoms with Gasteiger partial charge in [0.15, 0.2) is 5.01 Å². The van der Waals surface area contributed by atoms with E-state index in [1.54, 1.807) is 56.7 Å². The van der Waals surface area contributed by atoms with Gasteiger partial charge in [0.1, 0.15) is 22.6 Å². The first-order valence-electron chi connectivity index (χ1n) is 8.49. The van der Waals surface area contributed by atoms with Crippen LogP contribution in [0.3, 0.4) is 0 Å². The molecular formula is C20H15N3O5S. The summed E-state index contributed by atoms with van der Waals surface area (Å²) in [6, 6.07) is 13.8. The van der Waals surface area contributed by atoms with Gasteiger partial charge in [-0.25, -0.2) is 4.79 Å². The zero-order valence-electron chi connectivity index (χ0n) is 15.5. The Hall–Kier alpha value is -3.72. The molecule has 0 atom stereocenters. The van der Waals surface area contributed by atoms with E-state index < -0.39 is 11.5 Å². The molecule has 4 aromatic rings. The third kappa shape index (κ3) is 3.67. The van der Waals surface area contributed by atoms with Crippen molar-refractivity contribution in [2.24, 2.45) is 0 Å². The molecule has 29 heavy (non-hydrogen) atoms. The van der Waals surface area contributed by atoms with Crippen LogP contribution in [0.2, 0.25) is 0 Å². The van der Waals surface area contributed by atoms with Gasteiger partial charge in [-0.15, -0.1) is 10.2 Å². The van der Waals surface area contributed by atoms with Crippen LogP contribution in [-0.4, -0.2) is 30.3 Å². The zero-order valence-corrected chi connectivity index (χ0v) is 16.3. The van der Waals surface area contributed by atoms with E-state index in [9.17, 15) is 9.59 Å². The number of hydrogen-bond acceptors (Lipinski definition) is 8. The number of rotatable bonds is 5. The van der Waals surface area contributed by atoms with Crippen LogP contribution in [0.25, 0.3) is 21.5 Å². The second-order valence-electron chi connectivity index (χ2n) is 5.92. The van der Waals surface area contributed by atoms with E-state index >= 15 is 0 Å². The highest BCUT2D eigenvalue weighted by Crippen LogP contribution is 2.36. The summed E-state index contributed by atoms with van der Waals surface area (Å²) in [4.78, 5) is 24.7. The summed E-state index contributed by atoms with van der Waals surface area (Å²) in [6.45, 7) is 0. The second kappa shape index (κ2) is 7.72. The Bertz CT molecular complexity index is 1260. The van der Waals surface area contributed by atoms with Crippen LogP contribution in [-0.2, 0) is 0 Å². The monoisotopic (exact) mass is 409 g/mol. The SMILES string of the molecule is COc1ccc(-c2nnc(NC(=O)c3cc4ccccc4oc3=O)s2)c(OC)c1. The molecule has 0 aliphatic heterocycles. The van der Waals surface area contributed by atoms with Crippen molar-refractivity contribution in [1.29, 1.82) is 0 Å². The highest BCUT2D eigenvalue weighted by molar-refractivity contribution is 7.18. The molecule has 0 saturated carbocycles. The Balaban J connectivity index is 1.61. The van der Waals surface area contributed by atoms with Crippen molar-refractivity contribution in [3.05, 3.63) is 64.5 Å². The summed E-state index contributed by atoms with van der Waals surface area (Å²) in [7, 11) is 3.11. The Kier molecular flexibility index (Phi) is 4.96. The van der Waals surface area contributed by atoms with E-state index in [1.165, 1.54) is 6.07 Å². The maximum absolute atomic E-state index is 12.6. The van der Waals surface area contributed by atoms with Gasteiger partial charge >= 0.3 is 5.63 Å². The lowest BCUT2D eigenvalue weighted by Gasteiger charge is -2.07. The van der Waals surface area contributed by atoms with E-state index in [4.69, 9.17) is 13.9 Å². The van der Waals surface area contributed by atoms with Crippen LogP contribution in [0, 0.1) is 0 Å². The molecule has 0 fully saturated rings. The standard InChI is InChI=1S/C20H15N3O5S/c1-26-12-7-8-13(16(10-12)27-2)18-22-23-20(29-18)21-17(24)14-9-11-5-3-4-6-15(11)28-19(14)25/h3-10H,1-2H3,(H,21,23,24). The number of para-hydroxylation sites is 1. The molecule has 0 radical (unpaired) electrons. The van der Waals surface area contributed by atoms with Crippen LogP contribution < -0.4 is 20.4 Å². The van der Waals surface area contributed by atoms with Crippen molar-refractivity contribution in [3.8, 4) is 22.1 Å². The van der Waals surface area contributed by atoms with Gasteiger partial charge in [0.05, 0.1) is 19.8 Å². The molecule has 2 heterocycles. The normalized spacial score (nSPS) is 10.7. The fourth-order valence-electron chi connectivity index (χ4n) is 2.74. The highest BCUT2D eigenvalue weighted by Gasteiger charge is 2.18. The quantitative estimate of drug-likeness (QED) is 0.503. The largest absolute Gasteiger partial charge is 0.497 e. The third-order valence-corrected chi connectivity index (χ3v) is 5.04. The Labute approximate surface area is 168 Å². The molecular weight excluding hydrogens is 394 g/mol. The van der Waals surface area contributed by atoms with Gasteiger partial charge in [0, 0.05) is 11.5 Å². The lowest BCUT2D eigenvalue weighted by Crippen LogP contribution is -2.20. The molecule has 2 aromatic carbocycles. The van der Waals surface area contributed by atoms with Crippen LogP contribution in [0.15, 0.2) is 57.7 Å². The number of fused-ring (bicyclic) bond motifs is 1. The molecule has 0 aliphatic carbocycles. The van der Waals surface area contributed by atoms with Gasteiger partial charge in [-0.05, 0) is 24.3 Å². The van der Waals surface area contributed by atoms with Crippen molar-refractivity contribution in [2.45, 2.75) is 0 Å². The topological polar surface area (TPSA) is 104 Å². The number of benzene rings is 2. The third-order valence-electron chi connectivity index (χ3n) is 4.17. The minimum absolute atomic E-state index is 0.109. The number of nitrogens with one attached hydrogen (secondary N) is 1. The number of ether oxygens (including phenoxy) is 2. The molecule has 2 aromatic heterocycles. The van der Waals surface area contributed by atoms with Crippen molar-refractivity contribution in [3.63, 3.8) is 0 Å². The lowest BCUT2D eigenvalue weighted by atomic mass is 10.2. The number of hydrogen-bond donors (Lipinski definition) is 1. The summed E-state index contributed by atoms with van der Waals surface area (Å²) >= 11 is 1.15. The van der Waals surface area contributed by atoms with Crippen molar-refractivity contribution < 1.29 is 18.7 Å². The van der Waals surface area contributed by atoms with E-state index in [0.717, 1.165) is 11.3 Å². The number of carbonyl (C=O) groups excluding carboxylic acids is 1. The number of nitrogens with zero attached hydrogens (tertiary/aromatic N) is 2. The molecule has 0 bridgehead atoms. The van der Waals surface area contributed by atoms with E-state index in [2.05, 4.69) is 15.5 Å². The Morgan fingerprint density at radius 1 is 1.07 bits per heavy atom. The Morgan fingerprint density at radius 2 is 1.90 bits per heavy atom.